The molecule has 0 aliphatic heterocycles. The summed E-state index contributed by atoms with van der Waals surface area (Å²) in [5, 5.41) is 9.26. The molecule has 1 rings (SSSR count). The molecule has 0 bridgehead atoms. The van der Waals surface area contributed by atoms with Gasteiger partial charge in [0.2, 0.25) is 0 Å². The van der Waals surface area contributed by atoms with Crippen molar-refractivity contribution in [1.29, 1.82) is 0 Å². The maximum atomic E-state index is 12.6. The van der Waals surface area contributed by atoms with Crippen molar-refractivity contribution in [1.82, 2.24) is 0 Å². The zero-order valence-electron chi connectivity index (χ0n) is 17.6. The van der Waals surface area contributed by atoms with Crippen molar-refractivity contribution >= 4 is 23.9 Å². The molecule has 1 aromatic rings. The van der Waals surface area contributed by atoms with Crippen LogP contribution in [0.25, 0.3) is 0 Å². The summed E-state index contributed by atoms with van der Waals surface area (Å²) in [6.45, 7) is 8.75. The molecule has 9 nitrogen and oxygen atoms in total. The highest BCUT2D eigenvalue weighted by molar-refractivity contribution is 6.04. The Morgan fingerprint density at radius 3 is 1.77 bits per heavy atom. The molecule has 0 amide bonds. The Bertz CT molecular complexity index is 855. The second kappa shape index (κ2) is 13.0. The van der Waals surface area contributed by atoms with E-state index in [0.717, 1.165) is 0 Å². The molecule has 168 valence electrons. The van der Waals surface area contributed by atoms with Crippen LogP contribution in [-0.2, 0) is 35.0 Å². The van der Waals surface area contributed by atoms with Crippen molar-refractivity contribution in [2.45, 2.75) is 20.3 Å². The van der Waals surface area contributed by atoms with Gasteiger partial charge in [0.1, 0.15) is 26.4 Å². The fourth-order valence-electron chi connectivity index (χ4n) is 2.27. The molecule has 0 saturated heterocycles. The number of rotatable bonds is 12. The van der Waals surface area contributed by atoms with Gasteiger partial charge in [-0.3, -0.25) is 0 Å². The molecule has 31 heavy (non-hydrogen) atoms. The van der Waals surface area contributed by atoms with E-state index in [1.807, 2.05) is 0 Å². The molecule has 0 aliphatic carbocycles. The molecular formula is C22H26O9. The van der Waals surface area contributed by atoms with Gasteiger partial charge in [-0.15, -0.1) is 0 Å². The van der Waals surface area contributed by atoms with E-state index in [4.69, 9.17) is 18.9 Å². The van der Waals surface area contributed by atoms with Gasteiger partial charge >= 0.3 is 23.9 Å². The maximum absolute atomic E-state index is 12.6. The van der Waals surface area contributed by atoms with Crippen molar-refractivity contribution in [3.05, 3.63) is 59.2 Å². The average Bonchev–Trinajstić information content (AvgIpc) is 2.73. The molecule has 0 heterocycles. The van der Waals surface area contributed by atoms with Crippen LogP contribution in [0, 0.1) is 0 Å². The lowest BCUT2D eigenvalue weighted by Crippen LogP contribution is -2.20. The van der Waals surface area contributed by atoms with Gasteiger partial charge in [-0.25, -0.2) is 19.2 Å². The number of benzene rings is 1. The highest BCUT2D eigenvalue weighted by Gasteiger charge is 2.23. The van der Waals surface area contributed by atoms with Gasteiger partial charge in [0.25, 0.3) is 0 Å². The number of hydrogen-bond donors (Lipinski definition) is 1. The van der Waals surface area contributed by atoms with Crippen molar-refractivity contribution in [3.63, 3.8) is 0 Å². The normalized spacial score (nSPS) is 10.0. The third-order valence-electron chi connectivity index (χ3n) is 3.75. The van der Waals surface area contributed by atoms with E-state index < -0.39 is 23.9 Å². The maximum Gasteiger partial charge on any atom is 0.339 e. The standard InChI is InChI=1S/C22H26O9/c1-14(2)19(24)28-10-12-30-21(26)17-7-5-6-16(8-9-23)18(17)22(27)31-13-11-29-20(25)15(3)4/h5-7,23H,1,3,8-13H2,2,4H3. The Labute approximate surface area is 180 Å². The Morgan fingerprint density at radius 1 is 0.806 bits per heavy atom. The first-order valence-corrected chi connectivity index (χ1v) is 9.41. The Morgan fingerprint density at radius 2 is 1.29 bits per heavy atom. The highest BCUT2D eigenvalue weighted by Crippen LogP contribution is 2.18. The van der Waals surface area contributed by atoms with Crippen LogP contribution in [0.1, 0.15) is 40.1 Å². The SMILES string of the molecule is C=C(C)C(=O)OCCOC(=O)c1cccc(CCO)c1C(=O)OCCOC(=O)C(=C)C. The summed E-state index contributed by atoms with van der Waals surface area (Å²) in [7, 11) is 0. The number of carbonyl (C=O) groups is 4. The second-order valence-corrected chi connectivity index (χ2v) is 6.42. The van der Waals surface area contributed by atoms with Gasteiger partial charge in [-0.1, -0.05) is 25.3 Å². The van der Waals surface area contributed by atoms with Crippen molar-refractivity contribution in [3.8, 4) is 0 Å². The van der Waals surface area contributed by atoms with E-state index in [1.165, 1.54) is 26.0 Å². The fourth-order valence-corrected chi connectivity index (χ4v) is 2.27. The molecule has 9 heteroatoms. The van der Waals surface area contributed by atoms with Gasteiger partial charge in [0.15, 0.2) is 0 Å². The molecule has 1 aromatic carbocycles. The Hall–Kier alpha value is -3.46. The molecule has 0 spiro atoms. The van der Waals surface area contributed by atoms with Crippen LogP contribution in [0.2, 0.25) is 0 Å². The first-order valence-electron chi connectivity index (χ1n) is 9.41. The quantitative estimate of drug-likeness (QED) is 0.227. The zero-order valence-corrected chi connectivity index (χ0v) is 17.6. The monoisotopic (exact) mass is 434 g/mol. The van der Waals surface area contributed by atoms with E-state index in [2.05, 4.69) is 13.2 Å². The predicted octanol–water partition coefficient (Wildman–Crippen LogP) is 1.77. The number of esters is 4. The van der Waals surface area contributed by atoms with E-state index in [1.54, 1.807) is 6.07 Å². The molecule has 0 unspecified atom stereocenters. The molecule has 0 fully saturated rings. The minimum atomic E-state index is -0.837. The lowest BCUT2D eigenvalue weighted by molar-refractivity contribution is -0.140. The summed E-state index contributed by atoms with van der Waals surface area (Å²) in [4.78, 5) is 47.8. The predicted molar refractivity (Wildman–Crippen MR) is 109 cm³/mol. The van der Waals surface area contributed by atoms with E-state index in [-0.39, 0.29) is 61.7 Å². The smallest absolute Gasteiger partial charge is 0.339 e. The second-order valence-electron chi connectivity index (χ2n) is 6.42. The number of ether oxygens (including phenoxy) is 4. The third kappa shape index (κ3) is 8.43. The van der Waals surface area contributed by atoms with Crippen molar-refractivity contribution in [2.75, 3.05) is 33.0 Å². The van der Waals surface area contributed by atoms with Crippen molar-refractivity contribution < 1.29 is 43.2 Å². The largest absolute Gasteiger partial charge is 0.459 e. The van der Waals surface area contributed by atoms with Crippen LogP contribution < -0.4 is 0 Å². The molecule has 1 N–H and O–H groups in total. The number of carbonyl (C=O) groups excluding carboxylic acids is 4. The zero-order chi connectivity index (χ0) is 23.4. The lowest BCUT2D eigenvalue weighted by atomic mass is 9.99. The minimum Gasteiger partial charge on any atom is -0.459 e. The van der Waals surface area contributed by atoms with Gasteiger partial charge < -0.3 is 24.1 Å². The summed E-state index contributed by atoms with van der Waals surface area (Å²) in [5.41, 5.74) is 0.669. The minimum absolute atomic E-state index is 0.0632. The summed E-state index contributed by atoms with van der Waals surface area (Å²) in [6, 6.07) is 4.48. The molecule has 0 radical (unpaired) electrons. The topological polar surface area (TPSA) is 125 Å². The van der Waals surface area contributed by atoms with Crippen LogP contribution >= 0.6 is 0 Å². The summed E-state index contributed by atoms with van der Waals surface area (Å²) >= 11 is 0. The fraction of sp³-hybridized carbons (Fsp3) is 0.364. The summed E-state index contributed by atoms with van der Waals surface area (Å²) < 4.78 is 19.9. The van der Waals surface area contributed by atoms with Crippen LogP contribution in [0.15, 0.2) is 42.5 Å². The van der Waals surface area contributed by atoms with Crippen LogP contribution in [0.4, 0.5) is 0 Å². The highest BCUT2D eigenvalue weighted by atomic mass is 16.6. The van der Waals surface area contributed by atoms with E-state index >= 15 is 0 Å². The third-order valence-corrected chi connectivity index (χ3v) is 3.75. The van der Waals surface area contributed by atoms with Gasteiger partial charge in [-0.2, -0.15) is 0 Å². The van der Waals surface area contributed by atoms with E-state index in [9.17, 15) is 24.3 Å². The Balaban J connectivity index is 2.83. The van der Waals surface area contributed by atoms with Gasteiger partial charge in [0, 0.05) is 17.8 Å². The molecule has 0 aliphatic rings. The van der Waals surface area contributed by atoms with Gasteiger partial charge in [-0.05, 0) is 31.9 Å². The first-order chi connectivity index (χ1) is 14.7. The van der Waals surface area contributed by atoms with Crippen LogP contribution in [0.3, 0.4) is 0 Å². The summed E-state index contributed by atoms with van der Waals surface area (Å²) in [5.74, 6) is -2.89. The molecule has 0 saturated carbocycles. The first kappa shape index (κ1) is 25.6. The lowest BCUT2D eigenvalue weighted by Gasteiger charge is -2.14. The van der Waals surface area contributed by atoms with Gasteiger partial charge in [0.05, 0.1) is 11.1 Å². The Kier molecular flexibility index (Phi) is 10.7. The van der Waals surface area contributed by atoms with Crippen molar-refractivity contribution in [2.24, 2.45) is 0 Å². The molecule has 0 atom stereocenters. The summed E-state index contributed by atoms with van der Waals surface area (Å²) in [6.07, 6.45) is 0.104. The average molecular weight is 434 g/mol. The van der Waals surface area contributed by atoms with Crippen LogP contribution in [-0.4, -0.2) is 62.0 Å². The number of hydrogen-bond acceptors (Lipinski definition) is 9. The molecule has 0 aromatic heterocycles. The molecular weight excluding hydrogens is 408 g/mol. The van der Waals surface area contributed by atoms with Crippen LogP contribution in [0.5, 0.6) is 0 Å². The van der Waals surface area contributed by atoms with E-state index in [0.29, 0.717) is 5.56 Å². The number of aliphatic hydroxyl groups excluding tert-OH is 1. The number of aliphatic hydroxyl groups is 1.